The molecule has 0 unspecified atom stereocenters. The average Bonchev–Trinajstić information content (AvgIpc) is 3.08. The van der Waals surface area contributed by atoms with Crippen molar-refractivity contribution in [3.8, 4) is 56.8 Å². The molecule has 0 aliphatic carbocycles. The summed E-state index contributed by atoms with van der Waals surface area (Å²) in [7, 11) is 0. The molecule has 6 rings (SSSR count). The van der Waals surface area contributed by atoms with Gasteiger partial charge in [-0.05, 0) is 97.8 Å². The minimum absolute atomic E-state index is 0.111. The maximum Gasteiger partial charge on any atom is 0.417 e. The molecule has 0 saturated heterocycles. The fourth-order valence-electron chi connectivity index (χ4n) is 5.00. The van der Waals surface area contributed by atoms with Crippen LogP contribution in [0, 0.1) is 13.8 Å². The molecule has 9 nitrogen and oxygen atoms in total. The molecule has 49 heavy (non-hydrogen) atoms. The minimum Gasteiger partial charge on any atom is -0.508 e. The third-order valence-electron chi connectivity index (χ3n) is 7.51. The number of anilines is 2. The highest BCUT2D eigenvalue weighted by Crippen LogP contribution is 2.37. The average molecular weight is 653 g/mol. The zero-order valence-electron chi connectivity index (χ0n) is 26.6. The van der Waals surface area contributed by atoms with Gasteiger partial charge in [-0.2, -0.15) is 0 Å². The van der Waals surface area contributed by atoms with Gasteiger partial charge >= 0.3 is 12.2 Å². The Morgan fingerprint density at radius 2 is 0.816 bits per heavy atom. The maximum absolute atomic E-state index is 13.0. The number of aromatic hydroxyl groups is 2. The number of carbonyl (C=O) groups is 2. The molecule has 0 aliphatic heterocycles. The Bertz CT molecular complexity index is 1940. The van der Waals surface area contributed by atoms with Crippen molar-refractivity contribution in [2.75, 3.05) is 10.6 Å². The van der Waals surface area contributed by atoms with Crippen molar-refractivity contribution < 1.29 is 34.0 Å². The third kappa shape index (κ3) is 8.35. The van der Waals surface area contributed by atoms with E-state index in [2.05, 4.69) is 10.6 Å². The zero-order valence-corrected chi connectivity index (χ0v) is 26.6. The Labute approximate surface area is 283 Å². The van der Waals surface area contributed by atoms with E-state index in [0.29, 0.717) is 45.5 Å². The highest BCUT2D eigenvalue weighted by molar-refractivity contribution is 5.94. The number of carbonyl (C=O) groups excluding carboxylic acids is 2. The molecular weight excluding hydrogens is 620 g/mol. The second-order valence-corrected chi connectivity index (χ2v) is 11.3. The number of hydrogen-bond donors (Lipinski definition) is 4. The lowest BCUT2D eigenvalue weighted by Crippen LogP contribution is -2.17. The van der Waals surface area contributed by atoms with Gasteiger partial charge < -0.3 is 24.4 Å². The summed E-state index contributed by atoms with van der Waals surface area (Å²) in [6.07, 6.45) is -1.39. The first-order valence-electron chi connectivity index (χ1n) is 15.3. The first-order valence-corrected chi connectivity index (χ1v) is 15.3. The summed E-state index contributed by atoms with van der Waals surface area (Å²) in [5.74, 6) is 1.77. The number of rotatable bonds is 8. The van der Waals surface area contributed by atoms with E-state index < -0.39 is 12.2 Å². The number of phenols is 2. The van der Waals surface area contributed by atoms with E-state index in [-0.39, 0.29) is 11.5 Å². The van der Waals surface area contributed by atoms with Crippen LogP contribution in [0.3, 0.4) is 0 Å². The molecule has 0 saturated carbocycles. The van der Waals surface area contributed by atoms with E-state index in [4.69, 9.17) is 14.2 Å². The molecule has 6 aromatic rings. The van der Waals surface area contributed by atoms with Crippen LogP contribution in [-0.4, -0.2) is 22.4 Å². The van der Waals surface area contributed by atoms with Crippen molar-refractivity contribution in [1.82, 2.24) is 0 Å². The lowest BCUT2D eigenvalue weighted by molar-refractivity contribution is 0.214. The van der Waals surface area contributed by atoms with E-state index >= 15 is 0 Å². The van der Waals surface area contributed by atoms with Crippen molar-refractivity contribution in [2.24, 2.45) is 0 Å². The van der Waals surface area contributed by atoms with Crippen LogP contribution in [0.5, 0.6) is 34.5 Å². The van der Waals surface area contributed by atoms with Crippen LogP contribution in [0.15, 0.2) is 133 Å². The van der Waals surface area contributed by atoms with Gasteiger partial charge in [0.15, 0.2) is 0 Å². The topological polar surface area (TPSA) is 126 Å². The molecule has 0 fully saturated rings. The number of benzene rings is 6. The maximum atomic E-state index is 13.0. The van der Waals surface area contributed by atoms with Gasteiger partial charge in [-0.15, -0.1) is 0 Å². The molecule has 0 aromatic heterocycles. The molecule has 244 valence electrons. The monoisotopic (exact) mass is 652 g/mol. The summed E-state index contributed by atoms with van der Waals surface area (Å²) in [5, 5.41) is 25.3. The number of aryl methyl sites for hydroxylation is 2. The zero-order chi connectivity index (χ0) is 34.3. The van der Waals surface area contributed by atoms with Gasteiger partial charge in [-0.1, -0.05) is 59.7 Å². The van der Waals surface area contributed by atoms with Crippen molar-refractivity contribution in [2.45, 2.75) is 13.8 Å². The number of hydrogen-bond acceptors (Lipinski definition) is 7. The minimum atomic E-state index is -0.696. The van der Waals surface area contributed by atoms with E-state index in [0.717, 1.165) is 22.3 Å². The first kappa shape index (κ1) is 32.2. The van der Waals surface area contributed by atoms with Crippen LogP contribution in [0.2, 0.25) is 0 Å². The molecular formula is C40H32N2O7. The second-order valence-electron chi connectivity index (χ2n) is 11.3. The van der Waals surface area contributed by atoms with E-state index in [1.807, 2.05) is 38.1 Å². The molecule has 0 atom stereocenters. The lowest BCUT2D eigenvalue weighted by Gasteiger charge is -2.16. The summed E-state index contributed by atoms with van der Waals surface area (Å²) in [6, 6.07) is 37.7. The smallest absolute Gasteiger partial charge is 0.417 e. The number of ether oxygens (including phenoxy) is 3. The number of phenolic OH excluding ortho intramolecular Hbond substituents is 2. The Kier molecular flexibility index (Phi) is 9.44. The molecule has 2 amide bonds. The van der Waals surface area contributed by atoms with Crippen LogP contribution in [-0.2, 0) is 0 Å². The first-order chi connectivity index (χ1) is 23.7. The summed E-state index contributed by atoms with van der Waals surface area (Å²) < 4.78 is 17.3. The summed E-state index contributed by atoms with van der Waals surface area (Å²) in [6.45, 7) is 3.88. The molecule has 4 N–H and O–H groups in total. The van der Waals surface area contributed by atoms with Gasteiger partial charge in [0.1, 0.15) is 34.5 Å². The third-order valence-corrected chi connectivity index (χ3v) is 7.51. The van der Waals surface area contributed by atoms with E-state index in [9.17, 15) is 19.8 Å². The standard InChI is InChI=1S/C40H32N2O7/c1-25-3-15-31(16-4-25)48-39(45)41-37-23-33(19-21-35(37)27-7-11-29(43)12-8-27)47-34-20-22-36(28-9-13-30(44)14-10-28)38(24-34)42-40(46)49-32-17-5-26(2)6-18-32/h3-24,43-44H,1-2H3,(H,41,45)(H,42,46). The lowest BCUT2D eigenvalue weighted by atomic mass is 10.0. The number of nitrogens with one attached hydrogen (secondary N) is 2. The SMILES string of the molecule is Cc1ccc(OC(=O)Nc2cc(Oc3ccc(-c4ccc(O)cc4)c(NC(=O)Oc4ccc(C)cc4)c3)ccc2-c2ccc(O)cc2)cc1. The summed E-state index contributed by atoms with van der Waals surface area (Å²) in [4.78, 5) is 26.0. The second kappa shape index (κ2) is 14.4. The van der Waals surface area contributed by atoms with Crippen molar-refractivity contribution >= 4 is 23.6 Å². The molecule has 6 aromatic carbocycles. The van der Waals surface area contributed by atoms with Crippen molar-refractivity contribution in [3.63, 3.8) is 0 Å². The van der Waals surface area contributed by atoms with Crippen LogP contribution in [0.1, 0.15) is 11.1 Å². The highest BCUT2D eigenvalue weighted by Gasteiger charge is 2.16. The Morgan fingerprint density at radius 3 is 1.18 bits per heavy atom. The van der Waals surface area contributed by atoms with Crippen LogP contribution >= 0.6 is 0 Å². The molecule has 9 heteroatoms. The normalized spacial score (nSPS) is 10.6. The summed E-state index contributed by atoms with van der Waals surface area (Å²) >= 11 is 0. The van der Waals surface area contributed by atoms with Gasteiger partial charge in [-0.25, -0.2) is 9.59 Å². The predicted octanol–water partition coefficient (Wildman–Crippen LogP) is 10.1. The molecule has 0 heterocycles. The van der Waals surface area contributed by atoms with Crippen LogP contribution in [0.4, 0.5) is 21.0 Å². The fraction of sp³-hybridized carbons (Fsp3) is 0.0500. The van der Waals surface area contributed by atoms with Gasteiger partial charge in [-0.3, -0.25) is 10.6 Å². The van der Waals surface area contributed by atoms with Crippen LogP contribution in [0.25, 0.3) is 22.3 Å². The Hall–Kier alpha value is -6.74. The van der Waals surface area contributed by atoms with E-state index in [1.165, 1.54) is 0 Å². The molecule has 0 aliphatic rings. The van der Waals surface area contributed by atoms with Gasteiger partial charge in [0.2, 0.25) is 0 Å². The summed E-state index contributed by atoms with van der Waals surface area (Å²) in [5.41, 5.74) is 5.68. The predicted molar refractivity (Wildman–Crippen MR) is 189 cm³/mol. The van der Waals surface area contributed by atoms with Crippen LogP contribution < -0.4 is 24.8 Å². The Morgan fingerprint density at radius 1 is 0.469 bits per heavy atom. The Balaban J connectivity index is 1.29. The van der Waals surface area contributed by atoms with Crippen molar-refractivity contribution in [1.29, 1.82) is 0 Å². The largest absolute Gasteiger partial charge is 0.508 e. The molecule has 0 radical (unpaired) electrons. The number of amides is 2. The molecule has 0 bridgehead atoms. The van der Waals surface area contributed by atoms with Gasteiger partial charge in [0, 0.05) is 23.3 Å². The fourth-order valence-corrected chi connectivity index (χ4v) is 5.00. The van der Waals surface area contributed by atoms with Crippen molar-refractivity contribution in [3.05, 3.63) is 145 Å². The van der Waals surface area contributed by atoms with E-state index in [1.54, 1.807) is 109 Å². The quantitative estimate of drug-likeness (QED) is 0.129. The molecule has 0 spiro atoms. The highest BCUT2D eigenvalue weighted by atomic mass is 16.6. The van der Waals surface area contributed by atoms with Gasteiger partial charge in [0.05, 0.1) is 11.4 Å². The van der Waals surface area contributed by atoms with Gasteiger partial charge in [0.25, 0.3) is 0 Å².